The predicted octanol–water partition coefficient (Wildman–Crippen LogP) is 0.883. The Labute approximate surface area is 118 Å². The third-order valence-corrected chi connectivity index (χ3v) is 3.87. The number of carbonyl (C=O) groups excluding carboxylic acids is 1. The first kappa shape index (κ1) is 13.3. The van der Waals surface area contributed by atoms with Crippen molar-refractivity contribution in [3.8, 4) is 5.88 Å². The average molecular weight is 277 g/mol. The summed E-state index contributed by atoms with van der Waals surface area (Å²) in [6, 6.07) is 1.74. The SMILES string of the molecule is O=C(C1CCOCC1)N1CC[C@H](Oc2ccncn2)C1. The van der Waals surface area contributed by atoms with Crippen LogP contribution in [0.3, 0.4) is 0 Å². The largest absolute Gasteiger partial charge is 0.472 e. The minimum atomic E-state index is 0.0358. The molecule has 20 heavy (non-hydrogen) atoms. The Kier molecular flexibility index (Phi) is 4.11. The Bertz CT molecular complexity index is 448. The lowest BCUT2D eigenvalue weighted by Crippen LogP contribution is -2.38. The van der Waals surface area contributed by atoms with Gasteiger partial charge in [0.25, 0.3) is 0 Å². The number of carbonyl (C=O) groups is 1. The zero-order chi connectivity index (χ0) is 13.8. The number of nitrogens with zero attached hydrogens (tertiary/aromatic N) is 3. The maximum atomic E-state index is 12.4. The fourth-order valence-corrected chi connectivity index (χ4v) is 2.75. The third-order valence-electron chi connectivity index (χ3n) is 3.87. The Hall–Kier alpha value is -1.69. The van der Waals surface area contributed by atoms with E-state index in [0.717, 1.165) is 25.8 Å². The molecular weight excluding hydrogens is 258 g/mol. The minimum Gasteiger partial charge on any atom is -0.472 e. The van der Waals surface area contributed by atoms with Crippen LogP contribution in [0, 0.1) is 5.92 Å². The molecule has 2 aliphatic heterocycles. The summed E-state index contributed by atoms with van der Waals surface area (Å²) in [6.07, 6.45) is 5.70. The number of aromatic nitrogens is 2. The van der Waals surface area contributed by atoms with E-state index >= 15 is 0 Å². The van der Waals surface area contributed by atoms with Crippen LogP contribution in [0.1, 0.15) is 19.3 Å². The zero-order valence-electron chi connectivity index (χ0n) is 11.4. The molecule has 3 heterocycles. The fourth-order valence-electron chi connectivity index (χ4n) is 2.75. The number of likely N-dealkylation sites (tertiary alicyclic amines) is 1. The molecule has 6 nitrogen and oxygen atoms in total. The summed E-state index contributed by atoms with van der Waals surface area (Å²) < 4.78 is 11.1. The maximum Gasteiger partial charge on any atom is 0.225 e. The molecule has 0 aliphatic carbocycles. The van der Waals surface area contributed by atoms with Gasteiger partial charge < -0.3 is 14.4 Å². The summed E-state index contributed by atoms with van der Waals surface area (Å²) in [5.74, 6) is 0.953. The average Bonchev–Trinajstić information content (AvgIpc) is 2.97. The maximum absolute atomic E-state index is 12.4. The first-order valence-corrected chi connectivity index (χ1v) is 7.12. The molecule has 6 heteroatoms. The van der Waals surface area contributed by atoms with E-state index in [1.165, 1.54) is 6.33 Å². The minimum absolute atomic E-state index is 0.0358. The quantitative estimate of drug-likeness (QED) is 0.820. The molecule has 3 rings (SSSR count). The lowest BCUT2D eigenvalue weighted by atomic mass is 9.99. The van der Waals surface area contributed by atoms with Crippen molar-refractivity contribution in [3.05, 3.63) is 18.6 Å². The van der Waals surface area contributed by atoms with Crippen LogP contribution in [0.5, 0.6) is 5.88 Å². The summed E-state index contributed by atoms with van der Waals surface area (Å²) in [5.41, 5.74) is 0. The van der Waals surface area contributed by atoms with Gasteiger partial charge in [0, 0.05) is 44.4 Å². The summed E-state index contributed by atoms with van der Waals surface area (Å²) in [5, 5.41) is 0. The molecule has 0 N–H and O–H groups in total. The molecule has 1 aromatic rings. The second kappa shape index (κ2) is 6.17. The van der Waals surface area contributed by atoms with Crippen LogP contribution >= 0.6 is 0 Å². The highest BCUT2D eigenvalue weighted by molar-refractivity contribution is 5.79. The second-order valence-electron chi connectivity index (χ2n) is 5.25. The van der Waals surface area contributed by atoms with E-state index in [9.17, 15) is 4.79 Å². The van der Waals surface area contributed by atoms with Gasteiger partial charge in [-0.25, -0.2) is 9.97 Å². The van der Waals surface area contributed by atoms with Gasteiger partial charge in [0.1, 0.15) is 12.4 Å². The van der Waals surface area contributed by atoms with Gasteiger partial charge in [0.2, 0.25) is 11.8 Å². The molecule has 0 radical (unpaired) electrons. The molecule has 1 amide bonds. The highest BCUT2D eigenvalue weighted by atomic mass is 16.5. The van der Waals surface area contributed by atoms with Gasteiger partial charge in [0.15, 0.2) is 0 Å². The van der Waals surface area contributed by atoms with Crippen molar-refractivity contribution < 1.29 is 14.3 Å². The van der Waals surface area contributed by atoms with E-state index in [1.807, 2.05) is 4.90 Å². The van der Waals surface area contributed by atoms with E-state index in [0.29, 0.717) is 25.6 Å². The third kappa shape index (κ3) is 3.07. The van der Waals surface area contributed by atoms with E-state index < -0.39 is 0 Å². The summed E-state index contributed by atoms with van der Waals surface area (Å²) in [4.78, 5) is 22.2. The number of rotatable bonds is 3. The van der Waals surface area contributed by atoms with Gasteiger partial charge in [-0.2, -0.15) is 0 Å². The van der Waals surface area contributed by atoms with Gasteiger partial charge in [-0.05, 0) is 12.8 Å². The lowest BCUT2D eigenvalue weighted by molar-refractivity contribution is -0.137. The van der Waals surface area contributed by atoms with E-state index in [4.69, 9.17) is 9.47 Å². The van der Waals surface area contributed by atoms with Crippen molar-refractivity contribution in [1.82, 2.24) is 14.9 Å². The van der Waals surface area contributed by atoms with Crippen LogP contribution < -0.4 is 4.74 Å². The van der Waals surface area contributed by atoms with Gasteiger partial charge in [-0.3, -0.25) is 4.79 Å². The summed E-state index contributed by atoms with van der Waals surface area (Å²) >= 11 is 0. The topological polar surface area (TPSA) is 64.5 Å². The molecule has 0 bridgehead atoms. The van der Waals surface area contributed by atoms with Gasteiger partial charge in [-0.15, -0.1) is 0 Å². The Morgan fingerprint density at radius 2 is 2.20 bits per heavy atom. The zero-order valence-corrected chi connectivity index (χ0v) is 11.4. The van der Waals surface area contributed by atoms with E-state index in [2.05, 4.69) is 9.97 Å². The van der Waals surface area contributed by atoms with Gasteiger partial charge >= 0.3 is 0 Å². The van der Waals surface area contributed by atoms with Crippen molar-refractivity contribution in [2.75, 3.05) is 26.3 Å². The summed E-state index contributed by atoms with van der Waals surface area (Å²) in [6.45, 7) is 2.82. The van der Waals surface area contributed by atoms with Crippen LogP contribution in [0.2, 0.25) is 0 Å². The van der Waals surface area contributed by atoms with Gasteiger partial charge in [0.05, 0.1) is 6.54 Å². The summed E-state index contributed by atoms with van der Waals surface area (Å²) in [7, 11) is 0. The molecule has 2 fully saturated rings. The first-order chi connectivity index (χ1) is 9.83. The molecule has 0 saturated carbocycles. The van der Waals surface area contributed by atoms with Crippen molar-refractivity contribution in [2.45, 2.75) is 25.4 Å². The van der Waals surface area contributed by atoms with Gasteiger partial charge in [-0.1, -0.05) is 0 Å². The second-order valence-corrected chi connectivity index (χ2v) is 5.25. The van der Waals surface area contributed by atoms with Crippen LogP contribution in [0.4, 0.5) is 0 Å². The smallest absolute Gasteiger partial charge is 0.225 e. The Balaban J connectivity index is 1.52. The number of hydrogen-bond donors (Lipinski definition) is 0. The van der Waals surface area contributed by atoms with Crippen LogP contribution in [0.25, 0.3) is 0 Å². The molecular formula is C14H19N3O3. The first-order valence-electron chi connectivity index (χ1n) is 7.12. The van der Waals surface area contributed by atoms with E-state index in [1.54, 1.807) is 12.3 Å². The number of ether oxygens (including phenoxy) is 2. The monoisotopic (exact) mass is 277 g/mol. The molecule has 1 atom stereocenters. The Morgan fingerprint density at radius 1 is 1.35 bits per heavy atom. The highest BCUT2D eigenvalue weighted by Gasteiger charge is 2.32. The van der Waals surface area contributed by atoms with Crippen molar-refractivity contribution in [2.24, 2.45) is 5.92 Å². The lowest BCUT2D eigenvalue weighted by Gasteiger charge is -2.26. The molecule has 2 aliphatic rings. The molecule has 2 saturated heterocycles. The molecule has 0 spiro atoms. The predicted molar refractivity (Wildman–Crippen MR) is 71.2 cm³/mol. The van der Waals surface area contributed by atoms with Crippen LogP contribution in [-0.2, 0) is 9.53 Å². The molecule has 0 aromatic carbocycles. The molecule has 1 aromatic heterocycles. The fraction of sp³-hybridized carbons (Fsp3) is 0.643. The van der Waals surface area contributed by atoms with E-state index in [-0.39, 0.29) is 17.9 Å². The number of hydrogen-bond acceptors (Lipinski definition) is 5. The standard InChI is InChI=1S/C14H19N3O3/c18-14(11-3-7-19-8-4-11)17-6-2-12(9-17)20-13-1-5-15-10-16-13/h1,5,10-12H,2-4,6-9H2/t12-/m0/s1. The van der Waals surface area contributed by atoms with Crippen molar-refractivity contribution in [1.29, 1.82) is 0 Å². The number of amides is 1. The van der Waals surface area contributed by atoms with Crippen molar-refractivity contribution >= 4 is 5.91 Å². The Morgan fingerprint density at radius 3 is 2.95 bits per heavy atom. The van der Waals surface area contributed by atoms with Crippen LogP contribution in [-0.4, -0.2) is 53.2 Å². The highest BCUT2D eigenvalue weighted by Crippen LogP contribution is 2.22. The van der Waals surface area contributed by atoms with Crippen molar-refractivity contribution in [3.63, 3.8) is 0 Å². The molecule has 0 unspecified atom stereocenters. The normalized spacial score (nSPS) is 23.8. The molecule has 108 valence electrons. The van der Waals surface area contributed by atoms with Crippen LogP contribution in [0.15, 0.2) is 18.6 Å².